The molecule has 0 bridgehead atoms. The minimum absolute atomic E-state index is 0.321. The van der Waals surface area contributed by atoms with Gasteiger partial charge < -0.3 is 15.0 Å². The molecule has 112 valence electrons. The van der Waals surface area contributed by atoms with E-state index in [9.17, 15) is 0 Å². The van der Waals surface area contributed by atoms with Gasteiger partial charge in [-0.1, -0.05) is 12.8 Å². The van der Waals surface area contributed by atoms with Crippen LogP contribution in [0.15, 0.2) is 5.38 Å². The van der Waals surface area contributed by atoms with Crippen LogP contribution >= 0.6 is 11.3 Å². The maximum atomic E-state index is 5.75. The quantitative estimate of drug-likeness (QED) is 0.904. The smallest absolute Gasteiger partial charge is 0.0959 e. The average Bonchev–Trinajstić information content (AvgIpc) is 3.09. The molecule has 1 atom stereocenters. The summed E-state index contributed by atoms with van der Waals surface area (Å²) in [6.07, 6.45) is 5.75. The van der Waals surface area contributed by atoms with Crippen molar-refractivity contribution in [2.75, 3.05) is 33.3 Å². The van der Waals surface area contributed by atoms with Crippen LogP contribution in [0.1, 0.15) is 42.3 Å². The van der Waals surface area contributed by atoms with Crippen LogP contribution in [0.2, 0.25) is 0 Å². The van der Waals surface area contributed by atoms with Crippen molar-refractivity contribution in [2.45, 2.75) is 44.2 Å². The largest absolute Gasteiger partial charge is 0.374 e. The van der Waals surface area contributed by atoms with Gasteiger partial charge in [-0.05, 0) is 19.9 Å². The molecule has 2 aliphatic rings. The molecule has 0 amide bonds. The zero-order chi connectivity index (χ0) is 13.8. The molecular formula is C15H25N3OS. The number of nitrogens with one attached hydrogen (secondary N) is 1. The number of rotatable bonds is 5. The summed E-state index contributed by atoms with van der Waals surface area (Å²) < 4.78 is 5.75. The van der Waals surface area contributed by atoms with Crippen LogP contribution < -0.4 is 5.32 Å². The number of aromatic nitrogens is 1. The number of thiazole rings is 1. The molecule has 1 N–H and O–H groups in total. The highest BCUT2D eigenvalue weighted by molar-refractivity contribution is 7.09. The Morgan fingerprint density at radius 3 is 3.10 bits per heavy atom. The molecule has 5 heteroatoms. The summed E-state index contributed by atoms with van der Waals surface area (Å²) in [5.74, 6) is 0.740. The maximum Gasteiger partial charge on any atom is 0.0959 e. The summed E-state index contributed by atoms with van der Waals surface area (Å²) in [6.45, 7) is 4.71. The fourth-order valence-electron chi connectivity index (χ4n) is 3.12. The predicted molar refractivity (Wildman–Crippen MR) is 82.3 cm³/mol. The van der Waals surface area contributed by atoms with Gasteiger partial charge in [0.25, 0.3) is 0 Å². The van der Waals surface area contributed by atoms with Gasteiger partial charge in [-0.3, -0.25) is 0 Å². The van der Waals surface area contributed by atoms with Crippen molar-refractivity contribution in [1.82, 2.24) is 15.2 Å². The van der Waals surface area contributed by atoms with Crippen molar-refractivity contribution in [1.29, 1.82) is 0 Å². The zero-order valence-electron chi connectivity index (χ0n) is 12.3. The minimum atomic E-state index is 0.321. The Hall–Kier alpha value is -0.490. The number of ether oxygens (including phenoxy) is 1. The summed E-state index contributed by atoms with van der Waals surface area (Å²) in [5.41, 5.74) is 1.20. The second-order valence-corrected chi connectivity index (χ2v) is 6.93. The predicted octanol–water partition coefficient (Wildman–Crippen LogP) is 2.22. The number of hydrogen-bond donors (Lipinski definition) is 1. The van der Waals surface area contributed by atoms with E-state index in [-0.39, 0.29) is 0 Å². The first kappa shape index (κ1) is 14.4. The van der Waals surface area contributed by atoms with Gasteiger partial charge in [0.15, 0.2) is 0 Å². The van der Waals surface area contributed by atoms with Crippen molar-refractivity contribution in [3.05, 3.63) is 16.1 Å². The van der Waals surface area contributed by atoms with Gasteiger partial charge in [0, 0.05) is 37.5 Å². The van der Waals surface area contributed by atoms with Crippen molar-refractivity contribution < 1.29 is 4.74 Å². The molecule has 2 fully saturated rings. The van der Waals surface area contributed by atoms with Crippen LogP contribution in [0.25, 0.3) is 0 Å². The number of hydrogen-bond acceptors (Lipinski definition) is 5. The van der Waals surface area contributed by atoms with E-state index in [0.717, 1.165) is 38.7 Å². The van der Waals surface area contributed by atoms with Crippen molar-refractivity contribution in [3.8, 4) is 0 Å². The third kappa shape index (κ3) is 3.79. The molecule has 4 nitrogen and oxygen atoms in total. The Labute approximate surface area is 125 Å². The van der Waals surface area contributed by atoms with Crippen LogP contribution in [0.5, 0.6) is 0 Å². The molecule has 1 saturated heterocycles. The van der Waals surface area contributed by atoms with E-state index in [4.69, 9.17) is 9.72 Å². The van der Waals surface area contributed by atoms with Gasteiger partial charge in [0.1, 0.15) is 0 Å². The molecule has 1 aromatic heterocycles. The average molecular weight is 295 g/mol. The van der Waals surface area contributed by atoms with Crippen LogP contribution in [0.3, 0.4) is 0 Å². The SMILES string of the molecule is CN1CCO[C@@H](CNCc2csc(C3CCCC3)n2)C1. The summed E-state index contributed by atoms with van der Waals surface area (Å²) in [7, 11) is 2.16. The van der Waals surface area contributed by atoms with E-state index in [1.54, 1.807) is 0 Å². The molecule has 3 rings (SSSR count). The lowest BCUT2D eigenvalue weighted by Crippen LogP contribution is -2.44. The Morgan fingerprint density at radius 2 is 2.30 bits per heavy atom. The Bertz CT molecular complexity index is 417. The first-order valence-corrected chi connectivity index (χ1v) is 8.64. The summed E-state index contributed by atoms with van der Waals surface area (Å²) in [4.78, 5) is 7.12. The third-order valence-electron chi connectivity index (χ3n) is 4.29. The molecule has 0 aromatic carbocycles. The first-order chi connectivity index (χ1) is 9.81. The van der Waals surface area contributed by atoms with Crippen LogP contribution in [-0.4, -0.2) is 49.3 Å². The second kappa shape index (κ2) is 6.98. The lowest BCUT2D eigenvalue weighted by Gasteiger charge is -2.30. The first-order valence-electron chi connectivity index (χ1n) is 7.76. The van der Waals surface area contributed by atoms with Crippen LogP contribution in [-0.2, 0) is 11.3 Å². The third-order valence-corrected chi connectivity index (χ3v) is 5.35. The molecule has 2 heterocycles. The standard InChI is InChI=1S/C15H25N3OS/c1-18-6-7-19-14(10-18)9-16-8-13-11-20-15(17-13)12-4-2-3-5-12/h11-12,14,16H,2-10H2,1H3/t14-/m0/s1. The van der Waals surface area contributed by atoms with Crippen molar-refractivity contribution >= 4 is 11.3 Å². The number of nitrogens with zero attached hydrogens (tertiary/aromatic N) is 2. The summed E-state index contributed by atoms with van der Waals surface area (Å²) in [6, 6.07) is 0. The van der Waals surface area contributed by atoms with E-state index < -0.39 is 0 Å². The van der Waals surface area contributed by atoms with Crippen LogP contribution in [0, 0.1) is 0 Å². The molecule has 1 aromatic rings. The molecule has 0 spiro atoms. The molecule has 0 radical (unpaired) electrons. The van der Waals surface area contributed by atoms with Crippen molar-refractivity contribution in [2.24, 2.45) is 0 Å². The Balaban J connectivity index is 1.42. The minimum Gasteiger partial charge on any atom is -0.374 e. The highest BCUT2D eigenvalue weighted by Crippen LogP contribution is 2.35. The molecule has 0 unspecified atom stereocenters. The summed E-state index contributed by atoms with van der Waals surface area (Å²) >= 11 is 1.84. The fraction of sp³-hybridized carbons (Fsp3) is 0.800. The van der Waals surface area contributed by atoms with E-state index in [1.165, 1.54) is 36.4 Å². The van der Waals surface area contributed by atoms with E-state index in [2.05, 4.69) is 22.6 Å². The van der Waals surface area contributed by atoms with Crippen molar-refractivity contribution in [3.63, 3.8) is 0 Å². The molecular weight excluding hydrogens is 270 g/mol. The van der Waals surface area contributed by atoms with Gasteiger partial charge in [0.05, 0.1) is 23.4 Å². The molecule has 1 aliphatic heterocycles. The highest BCUT2D eigenvalue weighted by atomic mass is 32.1. The lowest BCUT2D eigenvalue weighted by atomic mass is 10.1. The fourth-order valence-corrected chi connectivity index (χ4v) is 4.11. The lowest BCUT2D eigenvalue weighted by molar-refractivity contribution is -0.0182. The highest BCUT2D eigenvalue weighted by Gasteiger charge is 2.20. The number of morpholine rings is 1. The van der Waals surface area contributed by atoms with Gasteiger partial charge in [0.2, 0.25) is 0 Å². The maximum absolute atomic E-state index is 5.75. The molecule has 1 saturated carbocycles. The van der Waals surface area contributed by atoms with E-state index >= 15 is 0 Å². The Morgan fingerprint density at radius 1 is 1.45 bits per heavy atom. The topological polar surface area (TPSA) is 37.4 Å². The Kier molecular flexibility index (Phi) is 5.04. The van der Waals surface area contributed by atoms with Crippen LogP contribution in [0.4, 0.5) is 0 Å². The second-order valence-electron chi connectivity index (χ2n) is 6.04. The molecule has 20 heavy (non-hydrogen) atoms. The van der Waals surface area contributed by atoms with Gasteiger partial charge in [-0.15, -0.1) is 11.3 Å². The monoisotopic (exact) mass is 295 g/mol. The molecule has 1 aliphatic carbocycles. The zero-order valence-corrected chi connectivity index (χ0v) is 13.1. The summed E-state index contributed by atoms with van der Waals surface area (Å²) in [5, 5.41) is 7.06. The number of likely N-dealkylation sites (N-methyl/N-ethyl adjacent to an activating group) is 1. The van der Waals surface area contributed by atoms with Gasteiger partial charge in [-0.25, -0.2) is 4.98 Å². The normalized spacial score (nSPS) is 25.4. The van der Waals surface area contributed by atoms with E-state index in [1.807, 2.05) is 11.3 Å². The van der Waals surface area contributed by atoms with Gasteiger partial charge >= 0.3 is 0 Å². The van der Waals surface area contributed by atoms with Gasteiger partial charge in [-0.2, -0.15) is 0 Å². The van der Waals surface area contributed by atoms with E-state index in [0.29, 0.717) is 6.10 Å².